The standard InChI is InChI=1S/C25H26N2.C2H6/c1-5-20-16-24(14-13-19(20)4)27-25(6-2)26-23-12-8-11-22(17-23)21-10-7-9-18(3)15-21;1-2/h5-16,27H,1,17H2,2-4H3;1-2H3/b25-6+,26-23-;. The first-order valence-corrected chi connectivity index (χ1v) is 10.3. The zero-order chi connectivity index (χ0) is 21.2. The molecule has 1 aliphatic rings. The van der Waals surface area contributed by atoms with Gasteiger partial charge in [0.15, 0.2) is 0 Å². The van der Waals surface area contributed by atoms with Gasteiger partial charge in [-0.25, -0.2) is 4.99 Å². The summed E-state index contributed by atoms with van der Waals surface area (Å²) >= 11 is 0. The molecule has 150 valence electrons. The average molecular weight is 385 g/mol. The van der Waals surface area contributed by atoms with Crippen LogP contribution >= 0.6 is 0 Å². The summed E-state index contributed by atoms with van der Waals surface area (Å²) < 4.78 is 0. The van der Waals surface area contributed by atoms with Crippen molar-refractivity contribution in [2.24, 2.45) is 4.99 Å². The predicted molar refractivity (Wildman–Crippen MR) is 130 cm³/mol. The van der Waals surface area contributed by atoms with Crippen molar-refractivity contribution < 1.29 is 0 Å². The molecule has 0 bridgehead atoms. The molecule has 3 rings (SSSR count). The second-order valence-corrected chi connectivity index (χ2v) is 6.77. The van der Waals surface area contributed by atoms with Gasteiger partial charge in [0.25, 0.3) is 0 Å². The number of rotatable bonds is 5. The minimum atomic E-state index is 0.824. The third-order valence-electron chi connectivity index (χ3n) is 4.66. The largest absolute Gasteiger partial charge is 0.340 e. The maximum absolute atomic E-state index is 4.84. The fourth-order valence-electron chi connectivity index (χ4n) is 3.11. The van der Waals surface area contributed by atoms with Crippen molar-refractivity contribution >= 4 is 23.0 Å². The maximum atomic E-state index is 4.84. The highest BCUT2D eigenvalue weighted by atomic mass is 15.0. The normalized spacial score (nSPS) is 14.7. The Hall–Kier alpha value is -3.13. The van der Waals surface area contributed by atoms with Gasteiger partial charge in [0.2, 0.25) is 0 Å². The van der Waals surface area contributed by atoms with Gasteiger partial charge in [-0.1, -0.05) is 74.5 Å². The summed E-state index contributed by atoms with van der Waals surface area (Å²) in [6, 6.07) is 14.9. The van der Waals surface area contributed by atoms with Gasteiger partial charge in [-0.05, 0) is 67.3 Å². The van der Waals surface area contributed by atoms with Crippen LogP contribution in [0.1, 0.15) is 49.4 Å². The zero-order valence-electron chi connectivity index (χ0n) is 18.3. The van der Waals surface area contributed by atoms with Gasteiger partial charge in [-0.3, -0.25) is 0 Å². The van der Waals surface area contributed by atoms with Gasteiger partial charge >= 0.3 is 0 Å². The highest BCUT2D eigenvalue weighted by Crippen LogP contribution is 2.24. The van der Waals surface area contributed by atoms with Crippen LogP contribution in [0.4, 0.5) is 5.69 Å². The first-order valence-electron chi connectivity index (χ1n) is 10.3. The SMILES string of the molecule is C=Cc1cc(NC(=C/C)/N=C2/C=CC=C(c3cccc(C)c3)C2)ccc1C.CC. The van der Waals surface area contributed by atoms with Crippen molar-refractivity contribution in [2.75, 3.05) is 5.32 Å². The van der Waals surface area contributed by atoms with Crippen LogP contribution in [0, 0.1) is 13.8 Å². The Labute approximate surface area is 176 Å². The fourth-order valence-corrected chi connectivity index (χ4v) is 3.11. The van der Waals surface area contributed by atoms with Gasteiger partial charge in [-0.2, -0.15) is 0 Å². The van der Waals surface area contributed by atoms with Gasteiger partial charge in [0.1, 0.15) is 5.82 Å². The molecule has 29 heavy (non-hydrogen) atoms. The number of aliphatic imine (C=N–C) groups is 1. The van der Waals surface area contributed by atoms with Crippen molar-refractivity contribution in [3.8, 4) is 0 Å². The molecule has 0 saturated heterocycles. The molecule has 2 aromatic rings. The number of hydrogen-bond acceptors (Lipinski definition) is 2. The van der Waals surface area contributed by atoms with E-state index in [1.54, 1.807) is 0 Å². The Morgan fingerprint density at radius 1 is 1.10 bits per heavy atom. The van der Waals surface area contributed by atoms with E-state index in [-0.39, 0.29) is 0 Å². The minimum Gasteiger partial charge on any atom is -0.340 e. The molecule has 2 aromatic carbocycles. The Bertz CT molecular complexity index is 972. The van der Waals surface area contributed by atoms with E-state index in [1.807, 2.05) is 32.9 Å². The highest BCUT2D eigenvalue weighted by Gasteiger charge is 2.09. The first kappa shape index (κ1) is 22.2. The molecule has 0 heterocycles. The maximum Gasteiger partial charge on any atom is 0.126 e. The zero-order valence-corrected chi connectivity index (χ0v) is 18.3. The van der Waals surface area contributed by atoms with Crippen LogP contribution in [0.2, 0.25) is 0 Å². The van der Waals surface area contributed by atoms with Gasteiger partial charge in [-0.15, -0.1) is 0 Å². The van der Waals surface area contributed by atoms with Crippen molar-refractivity contribution in [3.63, 3.8) is 0 Å². The summed E-state index contributed by atoms with van der Waals surface area (Å²) in [6.45, 7) is 14.1. The van der Waals surface area contributed by atoms with Gasteiger partial charge in [0, 0.05) is 17.8 Å². The molecule has 0 saturated carbocycles. The van der Waals surface area contributed by atoms with E-state index in [0.29, 0.717) is 0 Å². The van der Waals surface area contributed by atoms with E-state index >= 15 is 0 Å². The third-order valence-corrected chi connectivity index (χ3v) is 4.66. The molecule has 0 amide bonds. The van der Waals surface area contributed by atoms with Crippen LogP contribution in [-0.2, 0) is 0 Å². The molecule has 0 fully saturated rings. The summed E-state index contributed by atoms with van der Waals surface area (Å²) in [4.78, 5) is 4.84. The molecule has 0 atom stereocenters. The lowest BCUT2D eigenvalue weighted by Crippen LogP contribution is -2.05. The molecule has 2 nitrogen and oxygen atoms in total. The van der Waals surface area contributed by atoms with E-state index in [2.05, 4.69) is 86.4 Å². The molecular weight excluding hydrogens is 352 g/mol. The second kappa shape index (κ2) is 11.0. The molecule has 1 N–H and O–H groups in total. The van der Waals surface area contributed by atoms with Gasteiger partial charge in [0.05, 0.1) is 0 Å². The summed E-state index contributed by atoms with van der Waals surface area (Å²) in [6.07, 6.45) is 11.0. The summed E-state index contributed by atoms with van der Waals surface area (Å²) in [5.74, 6) is 0.846. The summed E-state index contributed by atoms with van der Waals surface area (Å²) in [5, 5.41) is 3.41. The van der Waals surface area contributed by atoms with Crippen molar-refractivity contribution in [2.45, 2.75) is 41.0 Å². The number of aryl methyl sites for hydroxylation is 2. The molecule has 0 aliphatic heterocycles. The molecule has 2 heteroatoms. The van der Waals surface area contributed by atoms with E-state index in [0.717, 1.165) is 29.2 Å². The fraction of sp³-hybridized carbons (Fsp3) is 0.222. The Kier molecular flexibility index (Phi) is 8.42. The highest BCUT2D eigenvalue weighted by molar-refractivity contribution is 6.04. The molecule has 0 aromatic heterocycles. The Balaban J connectivity index is 0.00000145. The van der Waals surface area contributed by atoms with Crippen LogP contribution < -0.4 is 5.32 Å². The molecule has 0 unspecified atom stereocenters. The van der Waals surface area contributed by atoms with E-state index in [9.17, 15) is 0 Å². The van der Waals surface area contributed by atoms with Crippen LogP contribution in [0.15, 0.2) is 84.2 Å². The lowest BCUT2D eigenvalue weighted by Gasteiger charge is -2.14. The lowest BCUT2D eigenvalue weighted by molar-refractivity contribution is 1.25. The molecule has 1 aliphatic carbocycles. The quantitative estimate of drug-likeness (QED) is 0.560. The van der Waals surface area contributed by atoms with Gasteiger partial charge < -0.3 is 5.32 Å². The van der Waals surface area contributed by atoms with E-state index < -0.39 is 0 Å². The van der Waals surface area contributed by atoms with E-state index in [1.165, 1.54) is 22.3 Å². The van der Waals surface area contributed by atoms with Crippen molar-refractivity contribution in [1.29, 1.82) is 0 Å². The molecule has 0 spiro atoms. The van der Waals surface area contributed by atoms with Crippen molar-refractivity contribution in [3.05, 3.63) is 101 Å². The van der Waals surface area contributed by atoms with Crippen LogP contribution in [0.25, 0.3) is 11.6 Å². The number of benzene rings is 2. The Morgan fingerprint density at radius 3 is 2.59 bits per heavy atom. The van der Waals surface area contributed by atoms with Crippen molar-refractivity contribution in [1.82, 2.24) is 0 Å². The van der Waals surface area contributed by atoms with Crippen LogP contribution in [0.5, 0.6) is 0 Å². The predicted octanol–water partition coefficient (Wildman–Crippen LogP) is 7.73. The number of anilines is 1. The molecule has 0 radical (unpaired) electrons. The van der Waals surface area contributed by atoms with Crippen LogP contribution in [0.3, 0.4) is 0 Å². The number of hydrogen-bond donors (Lipinski definition) is 1. The molecular formula is C27H32N2. The summed E-state index contributed by atoms with van der Waals surface area (Å²) in [7, 11) is 0. The minimum absolute atomic E-state index is 0.824. The third kappa shape index (κ3) is 6.18. The topological polar surface area (TPSA) is 24.4 Å². The summed E-state index contributed by atoms with van der Waals surface area (Å²) in [5.41, 5.74) is 8.23. The monoisotopic (exact) mass is 384 g/mol. The smallest absolute Gasteiger partial charge is 0.126 e. The lowest BCUT2D eigenvalue weighted by atomic mass is 9.95. The number of nitrogens with zero attached hydrogens (tertiary/aromatic N) is 1. The number of nitrogens with one attached hydrogen (secondary N) is 1. The van der Waals surface area contributed by atoms with Crippen LogP contribution in [-0.4, -0.2) is 5.71 Å². The second-order valence-electron chi connectivity index (χ2n) is 6.77. The number of allylic oxidation sites excluding steroid dienone is 5. The Morgan fingerprint density at radius 2 is 1.90 bits per heavy atom. The van der Waals surface area contributed by atoms with E-state index in [4.69, 9.17) is 4.99 Å². The first-order chi connectivity index (χ1) is 14.1. The average Bonchev–Trinajstić information content (AvgIpc) is 2.76.